The summed E-state index contributed by atoms with van der Waals surface area (Å²) < 4.78 is 24.6. The molecule has 0 aliphatic carbocycles. The molecule has 1 rings (SSSR count). The van der Waals surface area contributed by atoms with Crippen LogP contribution in [0.4, 0.5) is 5.69 Å². The van der Waals surface area contributed by atoms with Gasteiger partial charge in [-0.1, -0.05) is 11.6 Å². The maximum atomic E-state index is 11.8. The van der Waals surface area contributed by atoms with Gasteiger partial charge in [0.05, 0.1) is 11.4 Å². The molecule has 0 saturated heterocycles. The molecule has 0 fully saturated rings. The van der Waals surface area contributed by atoms with Crippen LogP contribution in [0, 0.1) is 0 Å². The van der Waals surface area contributed by atoms with Gasteiger partial charge in [-0.25, -0.2) is 8.42 Å². The third-order valence-corrected chi connectivity index (χ3v) is 4.11. The van der Waals surface area contributed by atoms with Crippen LogP contribution in [-0.2, 0) is 14.8 Å². The fourth-order valence-corrected chi connectivity index (χ4v) is 2.46. The lowest BCUT2D eigenvalue weighted by Gasteiger charge is -2.22. The van der Waals surface area contributed by atoms with Crippen LogP contribution >= 0.6 is 11.6 Å². The number of benzene rings is 1. The molecule has 1 amide bonds. The molecule has 0 aliphatic heterocycles. The molecule has 0 aromatic heterocycles. The van der Waals surface area contributed by atoms with Crippen molar-refractivity contribution >= 4 is 33.2 Å². The number of rotatable bonds is 5. The Morgan fingerprint density at radius 1 is 1.35 bits per heavy atom. The average Bonchev–Trinajstić information content (AvgIpc) is 2.27. The van der Waals surface area contributed by atoms with E-state index in [4.69, 9.17) is 17.3 Å². The number of hydrogen-bond acceptors (Lipinski definition) is 3. The Bertz CT molecular complexity index is 499. The number of amides is 1. The monoisotopic (exact) mass is 276 g/mol. The van der Waals surface area contributed by atoms with E-state index in [9.17, 15) is 13.2 Å². The smallest absolute Gasteiger partial charge is 0.238 e. The summed E-state index contributed by atoms with van der Waals surface area (Å²) in [4.78, 5) is 10.9. The fraction of sp³-hybridized carbons (Fsp3) is 0.300. The largest absolute Gasteiger partial charge is 0.368 e. The second-order valence-electron chi connectivity index (χ2n) is 3.35. The van der Waals surface area contributed by atoms with Crippen LogP contribution < -0.4 is 10.0 Å². The van der Waals surface area contributed by atoms with Crippen LogP contribution in [0.2, 0.25) is 5.02 Å². The SMILES string of the molecule is CCS(=O)(=O)N(CC(N)=O)c1ccc(Cl)cc1. The lowest BCUT2D eigenvalue weighted by atomic mass is 10.3. The Hall–Kier alpha value is -1.27. The molecule has 0 atom stereocenters. The van der Waals surface area contributed by atoms with Crippen LogP contribution in [0.15, 0.2) is 24.3 Å². The number of carbonyl (C=O) groups excluding carboxylic acids is 1. The highest BCUT2D eigenvalue weighted by Crippen LogP contribution is 2.20. The number of halogens is 1. The lowest BCUT2D eigenvalue weighted by Crippen LogP contribution is -2.39. The van der Waals surface area contributed by atoms with Gasteiger partial charge in [0.25, 0.3) is 0 Å². The zero-order chi connectivity index (χ0) is 13.1. The van der Waals surface area contributed by atoms with Gasteiger partial charge in [-0.15, -0.1) is 0 Å². The molecule has 0 radical (unpaired) electrons. The Kier molecular flexibility index (Phi) is 4.36. The van der Waals surface area contributed by atoms with E-state index in [-0.39, 0.29) is 12.3 Å². The molecule has 0 heterocycles. The minimum atomic E-state index is -3.53. The zero-order valence-corrected chi connectivity index (χ0v) is 10.8. The van der Waals surface area contributed by atoms with Crippen LogP contribution in [0.25, 0.3) is 0 Å². The highest BCUT2D eigenvalue weighted by Gasteiger charge is 2.22. The van der Waals surface area contributed by atoms with Gasteiger partial charge in [0.2, 0.25) is 15.9 Å². The predicted molar refractivity (Wildman–Crippen MR) is 67.5 cm³/mol. The number of primary amides is 1. The first-order chi connectivity index (χ1) is 7.86. The van der Waals surface area contributed by atoms with Crippen molar-refractivity contribution in [3.05, 3.63) is 29.3 Å². The topological polar surface area (TPSA) is 80.5 Å². The molecule has 0 aliphatic rings. The molecule has 0 spiro atoms. The lowest BCUT2D eigenvalue weighted by molar-refractivity contribution is -0.116. The highest BCUT2D eigenvalue weighted by atomic mass is 35.5. The van der Waals surface area contributed by atoms with Crippen molar-refractivity contribution in [3.8, 4) is 0 Å². The van der Waals surface area contributed by atoms with Gasteiger partial charge < -0.3 is 5.73 Å². The number of nitrogens with two attached hydrogens (primary N) is 1. The Labute approximate surface area is 105 Å². The van der Waals surface area contributed by atoms with E-state index in [1.54, 1.807) is 12.1 Å². The van der Waals surface area contributed by atoms with Gasteiger partial charge >= 0.3 is 0 Å². The highest BCUT2D eigenvalue weighted by molar-refractivity contribution is 7.92. The molecule has 0 unspecified atom stereocenters. The molecule has 1 aromatic carbocycles. The third kappa shape index (κ3) is 3.61. The standard InChI is InChI=1S/C10H13ClN2O3S/c1-2-17(15,16)13(7-10(12)14)9-5-3-8(11)4-6-9/h3-6H,2,7H2,1H3,(H2,12,14). The van der Waals surface area contributed by atoms with Crippen LogP contribution in [0.1, 0.15) is 6.92 Å². The zero-order valence-electron chi connectivity index (χ0n) is 9.26. The first kappa shape index (κ1) is 13.8. The quantitative estimate of drug-likeness (QED) is 0.870. The van der Waals surface area contributed by atoms with Crippen LogP contribution in [0.5, 0.6) is 0 Å². The number of nitrogens with zero attached hydrogens (tertiary/aromatic N) is 1. The maximum Gasteiger partial charge on any atom is 0.238 e. The van der Waals surface area contributed by atoms with E-state index in [0.29, 0.717) is 10.7 Å². The summed E-state index contributed by atoms with van der Waals surface area (Å²) in [5.41, 5.74) is 5.41. The number of sulfonamides is 1. The molecule has 7 heteroatoms. The average molecular weight is 277 g/mol. The van der Waals surface area contributed by atoms with E-state index in [2.05, 4.69) is 0 Å². The van der Waals surface area contributed by atoms with Gasteiger partial charge in [0.1, 0.15) is 6.54 Å². The van der Waals surface area contributed by atoms with E-state index >= 15 is 0 Å². The van der Waals surface area contributed by atoms with E-state index in [1.807, 2.05) is 0 Å². The van der Waals surface area contributed by atoms with Gasteiger partial charge in [0.15, 0.2) is 0 Å². The van der Waals surface area contributed by atoms with Crippen LogP contribution in [-0.4, -0.2) is 26.6 Å². The first-order valence-electron chi connectivity index (χ1n) is 4.91. The van der Waals surface area contributed by atoms with Crippen molar-refractivity contribution in [1.29, 1.82) is 0 Å². The Balaban J connectivity index is 3.15. The van der Waals surface area contributed by atoms with Gasteiger partial charge in [-0.3, -0.25) is 9.10 Å². The van der Waals surface area contributed by atoms with Gasteiger partial charge in [-0.2, -0.15) is 0 Å². The predicted octanol–water partition coefficient (Wildman–Crippen LogP) is 0.981. The minimum absolute atomic E-state index is 0.108. The molecule has 5 nitrogen and oxygen atoms in total. The molecule has 2 N–H and O–H groups in total. The molecule has 94 valence electrons. The van der Waals surface area contributed by atoms with Crippen molar-refractivity contribution in [2.45, 2.75) is 6.92 Å². The van der Waals surface area contributed by atoms with E-state index in [0.717, 1.165) is 4.31 Å². The molecule has 0 saturated carbocycles. The van der Waals surface area contributed by atoms with Crippen molar-refractivity contribution in [2.75, 3.05) is 16.6 Å². The second kappa shape index (κ2) is 5.37. The van der Waals surface area contributed by atoms with Crippen molar-refractivity contribution in [2.24, 2.45) is 5.73 Å². The fourth-order valence-electron chi connectivity index (χ4n) is 1.25. The second-order valence-corrected chi connectivity index (χ2v) is 5.97. The van der Waals surface area contributed by atoms with Gasteiger partial charge in [0, 0.05) is 5.02 Å². The summed E-state index contributed by atoms with van der Waals surface area (Å²) in [6.45, 7) is 1.12. The van der Waals surface area contributed by atoms with Crippen molar-refractivity contribution in [3.63, 3.8) is 0 Å². The maximum absolute atomic E-state index is 11.8. The summed E-state index contributed by atoms with van der Waals surface area (Å²) in [6, 6.07) is 6.16. The molecule has 17 heavy (non-hydrogen) atoms. The van der Waals surface area contributed by atoms with Crippen molar-refractivity contribution < 1.29 is 13.2 Å². The Morgan fingerprint density at radius 3 is 2.29 bits per heavy atom. The molecule has 0 bridgehead atoms. The summed E-state index contributed by atoms with van der Waals surface area (Å²) in [7, 11) is -3.53. The summed E-state index contributed by atoms with van der Waals surface area (Å²) in [6.07, 6.45) is 0. The molecule has 1 aromatic rings. The van der Waals surface area contributed by atoms with E-state index < -0.39 is 15.9 Å². The summed E-state index contributed by atoms with van der Waals surface area (Å²) >= 11 is 5.71. The van der Waals surface area contributed by atoms with E-state index in [1.165, 1.54) is 19.1 Å². The van der Waals surface area contributed by atoms with Crippen molar-refractivity contribution in [1.82, 2.24) is 0 Å². The minimum Gasteiger partial charge on any atom is -0.368 e. The normalized spacial score (nSPS) is 11.2. The van der Waals surface area contributed by atoms with Crippen LogP contribution in [0.3, 0.4) is 0 Å². The third-order valence-electron chi connectivity index (χ3n) is 2.11. The molecular formula is C10H13ClN2O3S. The van der Waals surface area contributed by atoms with Gasteiger partial charge in [-0.05, 0) is 31.2 Å². The number of carbonyl (C=O) groups is 1. The molecular weight excluding hydrogens is 264 g/mol. The summed E-state index contributed by atoms with van der Waals surface area (Å²) in [5, 5.41) is 0.488. The number of hydrogen-bond donors (Lipinski definition) is 1. The Morgan fingerprint density at radius 2 is 1.88 bits per heavy atom. The summed E-state index contributed by atoms with van der Waals surface area (Å²) in [5.74, 6) is -0.819. The first-order valence-corrected chi connectivity index (χ1v) is 6.90. The number of anilines is 1.